The van der Waals surface area contributed by atoms with Crippen molar-refractivity contribution in [2.45, 2.75) is 53.9 Å². The van der Waals surface area contributed by atoms with Crippen LogP contribution in [0, 0.1) is 0 Å². The summed E-state index contributed by atoms with van der Waals surface area (Å²) in [6, 6.07) is 0. The molecule has 0 saturated carbocycles. The molecular weight excluding hydrogens is 341 g/mol. The van der Waals surface area contributed by atoms with Gasteiger partial charge >= 0.3 is 0 Å². The minimum absolute atomic E-state index is 0.183. The Bertz CT molecular complexity index is 687. The molecule has 0 aromatic heterocycles. The van der Waals surface area contributed by atoms with Gasteiger partial charge in [0.25, 0.3) is 0 Å². The van der Waals surface area contributed by atoms with Gasteiger partial charge in [-0.05, 0) is 63.8 Å². The highest BCUT2D eigenvalue weighted by atomic mass is 19.1. The molecule has 0 N–H and O–H groups in total. The first kappa shape index (κ1) is 22.8. The van der Waals surface area contributed by atoms with E-state index in [1.807, 2.05) is 51.2 Å². The Balaban J connectivity index is 2.69. The summed E-state index contributed by atoms with van der Waals surface area (Å²) in [7, 11) is 0. The largest absolute Gasteiger partial charge is 0.373 e. The van der Waals surface area contributed by atoms with Crippen LogP contribution in [-0.4, -0.2) is 18.9 Å². The first-order chi connectivity index (χ1) is 13.0. The van der Waals surface area contributed by atoms with Crippen LogP contribution >= 0.6 is 0 Å². The van der Waals surface area contributed by atoms with Crippen molar-refractivity contribution < 1.29 is 14.0 Å². The molecule has 0 bridgehead atoms. The number of hydrogen-bond donors (Lipinski definition) is 0. The highest BCUT2D eigenvalue weighted by Crippen LogP contribution is 2.19. The van der Waals surface area contributed by atoms with Gasteiger partial charge in [0.15, 0.2) is 5.76 Å². The van der Waals surface area contributed by atoms with Crippen molar-refractivity contribution in [2.75, 3.05) is 13.2 Å². The second kappa shape index (κ2) is 13.0. The fourth-order valence-electron chi connectivity index (χ4n) is 2.45. The molecule has 27 heavy (non-hydrogen) atoms. The molecule has 0 aromatic rings. The highest BCUT2D eigenvalue weighted by Gasteiger charge is 2.06. The van der Waals surface area contributed by atoms with Gasteiger partial charge in [-0.3, -0.25) is 0 Å². The van der Waals surface area contributed by atoms with Crippen molar-refractivity contribution in [3.63, 3.8) is 0 Å². The lowest BCUT2D eigenvalue weighted by atomic mass is 10.0. The fourth-order valence-corrected chi connectivity index (χ4v) is 2.45. The smallest absolute Gasteiger partial charge is 0.157 e. The number of ether oxygens (including phenoxy) is 1. The van der Waals surface area contributed by atoms with Crippen molar-refractivity contribution >= 4 is 5.71 Å². The summed E-state index contributed by atoms with van der Waals surface area (Å²) in [5.41, 5.74) is 4.14. The number of hydrogen-bond acceptors (Lipinski definition) is 3. The maximum absolute atomic E-state index is 13.4. The van der Waals surface area contributed by atoms with E-state index in [4.69, 9.17) is 9.57 Å². The van der Waals surface area contributed by atoms with Crippen molar-refractivity contribution in [3.05, 3.63) is 70.8 Å². The average Bonchev–Trinajstić information content (AvgIpc) is 2.64. The van der Waals surface area contributed by atoms with Gasteiger partial charge in [0.1, 0.15) is 6.61 Å². The highest BCUT2D eigenvalue weighted by molar-refractivity contribution is 5.83. The summed E-state index contributed by atoms with van der Waals surface area (Å²) < 4.78 is 19.1. The third-order valence-corrected chi connectivity index (χ3v) is 3.93. The molecule has 1 aliphatic heterocycles. The molecule has 0 radical (unpaired) electrons. The number of oxime groups is 1. The standard InChI is InChI=1S/C23H32FNO2/c1-6-8-9-10-22(21(7-2)16-19(4)24)15-18(3)13-14-26-17-23-12-11-20(5)25-27-23/h6,8-10,12,15-16H,7,11,13-14,17H2,1-5H3/b8-6-,10-9-,18-15+,19-16+,22-21-. The molecule has 1 rings (SSSR count). The Hall–Kier alpha value is -2.20. The van der Waals surface area contributed by atoms with Gasteiger partial charge in [0.05, 0.1) is 18.1 Å². The number of rotatable bonds is 10. The van der Waals surface area contributed by atoms with Crippen LogP contribution in [0.5, 0.6) is 0 Å². The molecule has 0 aliphatic carbocycles. The Morgan fingerprint density at radius 1 is 1.30 bits per heavy atom. The number of nitrogens with zero attached hydrogens (tertiary/aromatic N) is 1. The first-order valence-corrected chi connectivity index (χ1v) is 9.47. The molecule has 0 fully saturated rings. The van der Waals surface area contributed by atoms with Gasteiger partial charge in [-0.25, -0.2) is 4.39 Å². The zero-order valence-corrected chi connectivity index (χ0v) is 17.2. The van der Waals surface area contributed by atoms with E-state index in [1.165, 1.54) is 12.5 Å². The quantitative estimate of drug-likeness (QED) is 0.314. The van der Waals surface area contributed by atoms with E-state index in [1.54, 1.807) is 6.08 Å². The second-order valence-corrected chi connectivity index (χ2v) is 6.54. The minimum atomic E-state index is -0.183. The number of allylic oxidation sites excluding steroid dienone is 10. The van der Waals surface area contributed by atoms with Gasteiger partial charge < -0.3 is 9.57 Å². The van der Waals surface area contributed by atoms with E-state index in [2.05, 4.69) is 18.2 Å². The van der Waals surface area contributed by atoms with Crippen LogP contribution in [0.2, 0.25) is 0 Å². The third kappa shape index (κ3) is 9.90. The van der Waals surface area contributed by atoms with E-state index in [-0.39, 0.29) is 5.83 Å². The molecule has 1 aliphatic rings. The van der Waals surface area contributed by atoms with E-state index >= 15 is 0 Å². The summed E-state index contributed by atoms with van der Waals surface area (Å²) in [6.45, 7) is 10.5. The predicted molar refractivity (Wildman–Crippen MR) is 112 cm³/mol. The fraction of sp³-hybridized carbons (Fsp3) is 0.435. The third-order valence-electron chi connectivity index (χ3n) is 3.93. The SMILES string of the molecule is C/C=C\C=C/C(/C=C(\C)CCOCC1=CCC(C)=NO1)=C(/C=C(\C)F)CC. The lowest BCUT2D eigenvalue weighted by Crippen LogP contribution is -2.07. The van der Waals surface area contributed by atoms with E-state index in [0.717, 1.165) is 41.9 Å². The van der Waals surface area contributed by atoms with Crippen LogP contribution in [-0.2, 0) is 9.57 Å². The molecular formula is C23H32FNO2. The summed E-state index contributed by atoms with van der Waals surface area (Å²) >= 11 is 0. The average molecular weight is 374 g/mol. The molecule has 0 spiro atoms. The molecule has 4 heteroatoms. The maximum Gasteiger partial charge on any atom is 0.157 e. The van der Waals surface area contributed by atoms with Crippen LogP contribution in [0.4, 0.5) is 4.39 Å². The van der Waals surface area contributed by atoms with Crippen molar-refractivity contribution in [1.29, 1.82) is 0 Å². The molecule has 0 unspecified atom stereocenters. The van der Waals surface area contributed by atoms with Crippen molar-refractivity contribution in [2.24, 2.45) is 5.16 Å². The predicted octanol–water partition coefficient (Wildman–Crippen LogP) is 6.73. The molecule has 0 saturated heterocycles. The van der Waals surface area contributed by atoms with Gasteiger partial charge in [-0.2, -0.15) is 0 Å². The Kier molecular flexibility index (Phi) is 11.0. The van der Waals surface area contributed by atoms with E-state index in [9.17, 15) is 4.39 Å². The summed E-state index contributed by atoms with van der Waals surface area (Å²) in [4.78, 5) is 5.24. The van der Waals surface area contributed by atoms with Crippen molar-refractivity contribution in [3.8, 4) is 0 Å². The summed E-state index contributed by atoms with van der Waals surface area (Å²) in [5.74, 6) is 0.575. The first-order valence-electron chi connectivity index (χ1n) is 9.47. The van der Waals surface area contributed by atoms with E-state index in [0.29, 0.717) is 13.2 Å². The lowest BCUT2D eigenvalue weighted by molar-refractivity contribution is 0.0995. The zero-order chi connectivity index (χ0) is 20.1. The maximum atomic E-state index is 13.4. The molecule has 0 amide bonds. The molecule has 1 heterocycles. The van der Waals surface area contributed by atoms with Gasteiger partial charge in [-0.1, -0.05) is 48.0 Å². The zero-order valence-electron chi connectivity index (χ0n) is 17.2. The molecule has 0 aromatic carbocycles. The van der Waals surface area contributed by atoms with Gasteiger partial charge in [0, 0.05) is 6.42 Å². The Morgan fingerprint density at radius 2 is 2.07 bits per heavy atom. The summed E-state index contributed by atoms with van der Waals surface area (Å²) in [6.07, 6.45) is 16.0. The monoisotopic (exact) mass is 373 g/mol. The number of halogens is 1. The normalized spacial score (nSPS) is 17.1. The second-order valence-electron chi connectivity index (χ2n) is 6.54. The van der Waals surface area contributed by atoms with Crippen LogP contribution < -0.4 is 0 Å². The molecule has 148 valence electrons. The molecule has 3 nitrogen and oxygen atoms in total. The van der Waals surface area contributed by atoms with Gasteiger partial charge in [0.2, 0.25) is 0 Å². The van der Waals surface area contributed by atoms with Crippen LogP contribution in [0.25, 0.3) is 0 Å². The lowest BCUT2D eigenvalue weighted by Gasteiger charge is -2.11. The Labute approximate surface area is 163 Å². The molecule has 0 atom stereocenters. The van der Waals surface area contributed by atoms with E-state index < -0.39 is 0 Å². The van der Waals surface area contributed by atoms with Crippen LogP contribution in [0.1, 0.15) is 53.9 Å². The summed E-state index contributed by atoms with van der Waals surface area (Å²) in [5, 5.41) is 3.95. The van der Waals surface area contributed by atoms with Gasteiger partial charge in [-0.15, -0.1) is 0 Å². The Morgan fingerprint density at radius 3 is 2.67 bits per heavy atom. The topological polar surface area (TPSA) is 30.8 Å². The van der Waals surface area contributed by atoms with Crippen LogP contribution in [0.15, 0.2) is 76.0 Å². The van der Waals surface area contributed by atoms with Crippen molar-refractivity contribution in [1.82, 2.24) is 0 Å². The minimum Gasteiger partial charge on any atom is -0.373 e. The van der Waals surface area contributed by atoms with Crippen LogP contribution in [0.3, 0.4) is 0 Å².